The van der Waals surface area contributed by atoms with Crippen molar-refractivity contribution < 1.29 is 4.74 Å². The third-order valence-electron chi connectivity index (χ3n) is 2.42. The van der Waals surface area contributed by atoms with Crippen LogP contribution in [0.3, 0.4) is 0 Å². The van der Waals surface area contributed by atoms with Gasteiger partial charge < -0.3 is 4.74 Å². The van der Waals surface area contributed by atoms with E-state index < -0.39 is 0 Å². The van der Waals surface area contributed by atoms with Crippen LogP contribution in [0.4, 0.5) is 0 Å². The molecule has 0 aliphatic carbocycles. The minimum absolute atomic E-state index is 0.125. The zero-order valence-corrected chi connectivity index (χ0v) is 11.2. The molecule has 94 valence electrons. The number of methoxy groups -OCH3 is 1. The van der Waals surface area contributed by atoms with Gasteiger partial charge in [0.05, 0.1) is 7.11 Å². The van der Waals surface area contributed by atoms with Crippen LogP contribution in [0.2, 0.25) is 10.6 Å². The lowest BCUT2D eigenvalue weighted by Crippen LogP contribution is -2.00. The van der Waals surface area contributed by atoms with Crippen molar-refractivity contribution in [3.05, 3.63) is 46.2 Å². The quantitative estimate of drug-likeness (QED) is 0.866. The maximum atomic E-state index is 5.71. The van der Waals surface area contributed by atoms with Crippen molar-refractivity contribution in [2.24, 2.45) is 0 Å². The van der Waals surface area contributed by atoms with E-state index in [2.05, 4.69) is 15.0 Å². The molecule has 0 N–H and O–H groups in total. The molecular weight excluding hydrogens is 273 g/mol. The summed E-state index contributed by atoms with van der Waals surface area (Å²) in [7, 11) is 1.64. The van der Waals surface area contributed by atoms with Crippen molar-refractivity contribution in [3.63, 3.8) is 0 Å². The molecule has 0 bridgehead atoms. The van der Waals surface area contributed by atoms with Crippen LogP contribution in [0, 0.1) is 0 Å². The van der Waals surface area contributed by atoms with Gasteiger partial charge in [-0.1, -0.05) is 12.1 Å². The first kappa shape index (κ1) is 13.1. The number of aromatic nitrogens is 3. The number of ether oxygens (including phenoxy) is 1. The molecule has 0 fully saturated rings. The Labute approximate surface area is 115 Å². The number of halogens is 2. The van der Waals surface area contributed by atoms with Crippen molar-refractivity contribution in [3.8, 4) is 5.75 Å². The Balaban J connectivity index is 2.01. The Morgan fingerprint density at radius 2 is 1.56 bits per heavy atom. The second-order valence-corrected chi connectivity index (χ2v) is 4.31. The topological polar surface area (TPSA) is 47.9 Å². The number of aryl methyl sites for hydroxylation is 2. The van der Waals surface area contributed by atoms with Gasteiger partial charge in [0, 0.05) is 6.42 Å². The van der Waals surface area contributed by atoms with E-state index >= 15 is 0 Å². The number of nitrogens with zero attached hydrogens (tertiary/aromatic N) is 3. The molecule has 0 amide bonds. The predicted octanol–water partition coefficient (Wildman–Crippen LogP) is 2.97. The molecule has 0 aliphatic heterocycles. The number of rotatable bonds is 4. The van der Waals surface area contributed by atoms with Gasteiger partial charge in [-0.25, -0.2) is 9.97 Å². The summed E-state index contributed by atoms with van der Waals surface area (Å²) in [5.41, 5.74) is 1.17. The third kappa shape index (κ3) is 3.55. The average molecular weight is 284 g/mol. The maximum absolute atomic E-state index is 5.71. The lowest BCUT2D eigenvalue weighted by molar-refractivity contribution is 0.414. The number of benzene rings is 1. The minimum atomic E-state index is 0.125. The first-order valence-electron chi connectivity index (χ1n) is 5.36. The molecule has 2 rings (SSSR count). The summed E-state index contributed by atoms with van der Waals surface area (Å²) in [5, 5.41) is 0.250. The van der Waals surface area contributed by atoms with Crippen molar-refractivity contribution in [1.82, 2.24) is 15.0 Å². The van der Waals surface area contributed by atoms with Gasteiger partial charge in [-0.05, 0) is 47.3 Å². The SMILES string of the molecule is COc1ccc(CCc2nc(Cl)nc(Cl)n2)cc1. The van der Waals surface area contributed by atoms with Gasteiger partial charge in [-0.15, -0.1) is 0 Å². The van der Waals surface area contributed by atoms with E-state index in [-0.39, 0.29) is 10.6 Å². The second kappa shape index (κ2) is 5.98. The van der Waals surface area contributed by atoms with Crippen molar-refractivity contribution in [2.75, 3.05) is 7.11 Å². The fourth-order valence-corrected chi connectivity index (χ4v) is 1.92. The van der Waals surface area contributed by atoms with Crippen molar-refractivity contribution in [2.45, 2.75) is 12.8 Å². The molecule has 1 heterocycles. The molecule has 18 heavy (non-hydrogen) atoms. The molecule has 2 aromatic rings. The smallest absolute Gasteiger partial charge is 0.226 e. The summed E-state index contributed by atoms with van der Waals surface area (Å²) >= 11 is 11.4. The Morgan fingerprint density at radius 3 is 2.11 bits per heavy atom. The highest BCUT2D eigenvalue weighted by Gasteiger charge is 2.04. The Morgan fingerprint density at radius 1 is 0.944 bits per heavy atom. The zero-order chi connectivity index (χ0) is 13.0. The minimum Gasteiger partial charge on any atom is -0.497 e. The third-order valence-corrected chi connectivity index (χ3v) is 2.76. The Bertz CT molecular complexity index is 511. The predicted molar refractivity (Wildman–Crippen MR) is 70.2 cm³/mol. The second-order valence-electron chi connectivity index (χ2n) is 3.64. The van der Waals surface area contributed by atoms with Gasteiger partial charge in [-0.2, -0.15) is 4.98 Å². The van der Waals surface area contributed by atoms with Crippen LogP contribution in [0.25, 0.3) is 0 Å². The van der Waals surface area contributed by atoms with Crippen LogP contribution in [0.15, 0.2) is 24.3 Å². The molecule has 0 unspecified atom stereocenters. The molecule has 0 aliphatic rings. The molecule has 0 radical (unpaired) electrons. The molecule has 1 aromatic heterocycles. The highest BCUT2D eigenvalue weighted by atomic mass is 35.5. The zero-order valence-electron chi connectivity index (χ0n) is 9.73. The summed E-state index contributed by atoms with van der Waals surface area (Å²) in [6.07, 6.45) is 1.47. The van der Waals surface area contributed by atoms with Crippen LogP contribution in [0.5, 0.6) is 5.75 Å². The van der Waals surface area contributed by atoms with Crippen molar-refractivity contribution >= 4 is 23.2 Å². The average Bonchev–Trinajstić information content (AvgIpc) is 2.36. The van der Waals surface area contributed by atoms with Crippen LogP contribution in [-0.4, -0.2) is 22.1 Å². The summed E-state index contributed by atoms with van der Waals surface area (Å²) < 4.78 is 5.10. The first-order valence-corrected chi connectivity index (χ1v) is 6.12. The van der Waals surface area contributed by atoms with E-state index in [1.165, 1.54) is 5.56 Å². The molecule has 4 nitrogen and oxygen atoms in total. The lowest BCUT2D eigenvalue weighted by atomic mass is 10.1. The summed E-state index contributed by atoms with van der Waals surface area (Å²) in [4.78, 5) is 11.7. The van der Waals surface area contributed by atoms with E-state index in [1.807, 2.05) is 24.3 Å². The molecule has 0 atom stereocenters. The van der Waals surface area contributed by atoms with E-state index in [0.29, 0.717) is 12.2 Å². The molecule has 0 spiro atoms. The van der Waals surface area contributed by atoms with E-state index in [9.17, 15) is 0 Å². The summed E-state index contributed by atoms with van der Waals surface area (Å²) in [5.74, 6) is 1.43. The van der Waals surface area contributed by atoms with Crippen LogP contribution in [0.1, 0.15) is 11.4 Å². The van der Waals surface area contributed by atoms with Gasteiger partial charge in [-0.3, -0.25) is 0 Å². The molecule has 6 heteroatoms. The van der Waals surface area contributed by atoms with Crippen LogP contribution in [-0.2, 0) is 12.8 Å². The van der Waals surface area contributed by atoms with Gasteiger partial charge in [0.2, 0.25) is 10.6 Å². The summed E-state index contributed by atoms with van der Waals surface area (Å²) in [6, 6.07) is 7.85. The molecule has 0 saturated carbocycles. The van der Waals surface area contributed by atoms with E-state index in [0.717, 1.165) is 12.2 Å². The standard InChI is InChI=1S/C12H11Cl2N3O/c1-18-9-5-2-8(3-6-9)4-7-10-15-11(13)17-12(14)16-10/h2-3,5-6H,4,7H2,1H3. The van der Waals surface area contributed by atoms with Gasteiger partial charge in [0.1, 0.15) is 11.6 Å². The van der Waals surface area contributed by atoms with E-state index in [1.54, 1.807) is 7.11 Å². The van der Waals surface area contributed by atoms with Crippen LogP contribution >= 0.6 is 23.2 Å². The lowest BCUT2D eigenvalue weighted by Gasteiger charge is -2.03. The molecule has 1 aromatic carbocycles. The number of hydrogen-bond donors (Lipinski definition) is 0. The highest BCUT2D eigenvalue weighted by molar-refractivity contribution is 6.30. The fourth-order valence-electron chi connectivity index (χ4n) is 1.52. The normalized spacial score (nSPS) is 10.4. The molecular formula is C12H11Cl2N3O. The van der Waals surface area contributed by atoms with Crippen molar-refractivity contribution in [1.29, 1.82) is 0 Å². The van der Waals surface area contributed by atoms with Crippen LogP contribution < -0.4 is 4.74 Å². The Hall–Kier alpha value is -1.39. The monoisotopic (exact) mass is 283 g/mol. The largest absolute Gasteiger partial charge is 0.497 e. The Kier molecular flexibility index (Phi) is 4.33. The molecule has 0 saturated heterocycles. The fraction of sp³-hybridized carbons (Fsp3) is 0.250. The number of hydrogen-bond acceptors (Lipinski definition) is 4. The van der Waals surface area contributed by atoms with Gasteiger partial charge in [0.15, 0.2) is 0 Å². The summed E-state index contributed by atoms with van der Waals surface area (Å²) in [6.45, 7) is 0. The van der Waals surface area contributed by atoms with Gasteiger partial charge in [0.25, 0.3) is 0 Å². The van der Waals surface area contributed by atoms with E-state index in [4.69, 9.17) is 27.9 Å². The first-order chi connectivity index (χ1) is 8.67. The maximum Gasteiger partial charge on any atom is 0.226 e. The highest BCUT2D eigenvalue weighted by Crippen LogP contribution is 2.13. The van der Waals surface area contributed by atoms with Gasteiger partial charge >= 0.3 is 0 Å².